The fraction of sp³-hybridized carbons (Fsp3) is 0.200. The van der Waals surface area contributed by atoms with Crippen LogP contribution in [0.1, 0.15) is 5.69 Å². The van der Waals surface area contributed by atoms with E-state index in [1.165, 1.54) is 0 Å². The molecule has 0 radical (unpaired) electrons. The molecule has 0 bridgehead atoms. The molecule has 5 nitrogen and oxygen atoms in total. The molecule has 2 aromatic rings. The number of ether oxygens (including phenoxy) is 1. The van der Waals surface area contributed by atoms with Crippen LogP contribution in [0, 0.1) is 6.92 Å². The van der Waals surface area contributed by atoms with Crippen molar-refractivity contribution >= 4 is 16.9 Å². The Labute approximate surface area is 85.7 Å². The molecule has 0 spiro atoms. The van der Waals surface area contributed by atoms with Gasteiger partial charge in [-0.1, -0.05) is 0 Å². The number of hydrogen-bond acceptors (Lipinski definition) is 3. The molecule has 0 atom stereocenters. The van der Waals surface area contributed by atoms with Gasteiger partial charge in [0, 0.05) is 11.1 Å². The van der Waals surface area contributed by atoms with Crippen molar-refractivity contribution in [2.45, 2.75) is 6.92 Å². The van der Waals surface area contributed by atoms with E-state index in [1.54, 1.807) is 18.2 Å². The van der Waals surface area contributed by atoms with Crippen LogP contribution >= 0.6 is 0 Å². The molecule has 78 valence electrons. The largest absolute Gasteiger partial charge is 0.482 e. The molecular weight excluding hydrogens is 196 g/mol. The molecule has 5 heteroatoms. The molecule has 0 saturated carbocycles. The zero-order valence-electron chi connectivity index (χ0n) is 8.15. The average molecular weight is 206 g/mol. The number of aromatic nitrogens is 2. The average Bonchev–Trinajstić information content (AvgIpc) is 2.57. The van der Waals surface area contributed by atoms with Crippen molar-refractivity contribution in [3.8, 4) is 5.75 Å². The van der Waals surface area contributed by atoms with E-state index in [4.69, 9.17) is 9.84 Å². The molecule has 0 aliphatic rings. The highest BCUT2D eigenvalue weighted by atomic mass is 16.5. The maximum atomic E-state index is 10.3. The summed E-state index contributed by atoms with van der Waals surface area (Å²) in [6.45, 7) is 1.57. The lowest BCUT2D eigenvalue weighted by molar-refractivity contribution is -0.139. The molecule has 2 N–H and O–H groups in total. The summed E-state index contributed by atoms with van der Waals surface area (Å²) in [5.74, 6) is -0.451. The predicted molar refractivity (Wildman–Crippen MR) is 54.0 cm³/mol. The Bertz CT molecular complexity index is 504. The molecule has 1 aromatic carbocycles. The van der Waals surface area contributed by atoms with E-state index >= 15 is 0 Å². The van der Waals surface area contributed by atoms with Crippen LogP contribution in [0.2, 0.25) is 0 Å². The van der Waals surface area contributed by atoms with Gasteiger partial charge >= 0.3 is 5.97 Å². The second kappa shape index (κ2) is 3.61. The van der Waals surface area contributed by atoms with Crippen LogP contribution in [0.15, 0.2) is 18.2 Å². The number of aryl methyl sites for hydroxylation is 1. The maximum Gasteiger partial charge on any atom is 0.341 e. The number of aromatic amines is 1. The second-order valence-electron chi connectivity index (χ2n) is 3.21. The number of nitrogens with one attached hydrogen (secondary N) is 1. The number of benzene rings is 1. The predicted octanol–water partition coefficient (Wildman–Crippen LogP) is 1.33. The monoisotopic (exact) mass is 206 g/mol. The Balaban J connectivity index is 2.29. The van der Waals surface area contributed by atoms with E-state index in [2.05, 4.69) is 10.2 Å². The Morgan fingerprint density at radius 2 is 2.40 bits per heavy atom. The van der Waals surface area contributed by atoms with Crippen LogP contribution in [0.4, 0.5) is 0 Å². The fourth-order valence-electron chi connectivity index (χ4n) is 1.35. The van der Waals surface area contributed by atoms with Gasteiger partial charge in [-0.25, -0.2) is 4.79 Å². The van der Waals surface area contributed by atoms with Gasteiger partial charge in [0.25, 0.3) is 0 Å². The van der Waals surface area contributed by atoms with Crippen molar-refractivity contribution < 1.29 is 14.6 Å². The van der Waals surface area contributed by atoms with Crippen LogP contribution in [-0.2, 0) is 4.79 Å². The number of aliphatic carboxylic acids is 1. The van der Waals surface area contributed by atoms with Crippen molar-refractivity contribution in [1.82, 2.24) is 10.2 Å². The van der Waals surface area contributed by atoms with Gasteiger partial charge in [0.2, 0.25) is 0 Å². The van der Waals surface area contributed by atoms with E-state index in [1.807, 2.05) is 6.92 Å². The smallest absolute Gasteiger partial charge is 0.341 e. The number of H-pyrrole nitrogens is 1. The first kappa shape index (κ1) is 9.51. The van der Waals surface area contributed by atoms with Crippen LogP contribution in [-0.4, -0.2) is 27.9 Å². The summed E-state index contributed by atoms with van der Waals surface area (Å²) in [5.41, 5.74) is 1.78. The number of rotatable bonds is 3. The second-order valence-corrected chi connectivity index (χ2v) is 3.21. The van der Waals surface area contributed by atoms with Gasteiger partial charge in [0.05, 0.1) is 5.52 Å². The van der Waals surface area contributed by atoms with Gasteiger partial charge in [-0.05, 0) is 25.1 Å². The molecule has 2 rings (SSSR count). The minimum atomic E-state index is -0.987. The summed E-state index contributed by atoms with van der Waals surface area (Å²) in [5, 5.41) is 16.3. The Morgan fingerprint density at radius 1 is 1.60 bits per heavy atom. The number of carboxylic acid groups (broad SMARTS) is 1. The molecule has 0 amide bonds. The lowest BCUT2D eigenvalue weighted by atomic mass is 10.2. The summed E-state index contributed by atoms with van der Waals surface area (Å²) in [6, 6.07) is 5.26. The van der Waals surface area contributed by atoms with E-state index in [0.29, 0.717) is 5.75 Å². The van der Waals surface area contributed by atoms with Crippen molar-refractivity contribution in [3.63, 3.8) is 0 Å². The number of carboxylic acids is 1. The summed E-state index contributed by atoms with van der Waals surface area (Å²) in [7, 11) is 0. The van der Waals surface area contributed by atoms with Gasteiger partial charge < -0.3 is 9.84 Å². The van der Waals surface area contributed by atoms with Crippen LogP contribution in [0.25, 0.3) is 10.9 Å². The van der Waals surface area contributed by atoms with Crippen LogP contribution < -0.4 is 4.74 Å². The van der Waals surface area contributed by atoms with Crippen LogP contribution in [0.5, 0.6) is 5.75 Å². The Hall–Kier alpha value is -2.04. The van der Waals surface area contributed by atoms with Gasteiger partial charge in [-0.15, -0.1) is 0 Å². The van der Waals surface area contributed by atoms with Gasteiger partial charge in [0.15, 0.2) is 6.61 Å². The van der Waals surface area contributed by atoms with E-state index in [-0.39, 0.29) is 6.61 Å². The standard InChI is InChI=1S/C10H10N2O3/c1-6-8-4-7(15-5-10(13)14)2-3-9(8)12-11-6/h2-4H,5H2,1H3,(H,11,12)(H,13,14). The highest BCUT2D eigenvalue weighted by Gasteiger charge is 2.04. The lowest BCUT2D eigenvalue weighted by Gasteiger charge is -2.02. The number of carbonyl (C=O) groups is 1. The van der Waals surface area contributed by atoms with Crippen molar-refractivity contribution in [2.24, 2.45) is 0 Å². The molecule has 0 saturated heterocycles. The highest BCUT2D eigenvalue weighted by Crippen LogP contribution is 2.21. The van der Waals surface area contributed by atoms with Gasteiger partial charge in [0.1, 0.15) is 5.75 Å². The molecular formula is C10H10N2O3. The minimum Gasteiger partial charge on any atom is -0.482 e. The van der Waals surface area contributed by atoms with Crippen molar-refractivity contribution in [3.05, 3.63) is 23.9 Å². The summed E-state index contributed by atoms with van der Waals surface area (Å²) >= 11 is 0. The van der Waals surface area contributed by atoms with E-state index in [9.17, 15) is 4.79 Å². The molecule has 0 aliphatic heterocycles. The normalized spacial score (nSPS) is 10.5. The third-order valence-electron chi connectivity index (χ3n) is 2.08. The summed E-state index contributed by atoms with van der Waals surface area (Å²) in [4.78, 5) is 10.3. The lowest BCUT2D eigenvalue weighted by Crippen LogP contribution is -2.09. The molecule has 0 unspecified atom stereocenters. The molecule has 15 heavy (non-hydrogen) atoms. The first-order chi connectivity index (χ1) is 7.16. The zero-order valence-corrected chi connectivity index (χ0v) is 8.15. The van der Waals surface area contributed by atoms with Crippen molar-refractivity contribution in [2.75, 3.05) is 6.61 Å². The fourth-order valence-corrected chi connectivity index (χ4v) is 1.35. The maximum absolute atomic E-state index is 10.3. The van der Waals surface area contributed by atoms with Gasteiger partial charge in [-0.2, -0.15) is 5.10 Å². The highest BCUT2D eigenvalue weighted by molar-refractivity contribution is 5.82. The zero-order chi connectivity index (χ0) is 10.8. The van der Waals surface area contributed by atoms with E-state index < -0.39 is 5.97 Å². The summed E-state index contributed by atoms with van der Waals surface area (Å²) < 4.78 is 5.06. The third kappa shape index (κ3) is 1.90. The molecule has 0 aliphatic carbocycles. The first-order valence-electron chi connectivity index (χ1n) is 4.46. The quantitative estimate of drug-likeness (QED) is 0.794. The number of fused-ring (bicyclic) bond motifs is 1. The van der Waals surface area contributed by atoms with E-state index in [0.717, 1.165) is 16.6 Å². The molecule has 0 fully saturated rings. The molecule has 1 aromatic heterocycles. The number of hydrogen-bond donors (Lipinski definition) is 2. The van der Waals surface area contributed by atoms with Gasteiger partial charge in [-0.3, -0.25) is 5.10 Å². The minimum absolute atomic E-state index is 0.331. The Kier molecular flexibility index (Phi) is 2.29. The summed E-state index contributed by atoms with van der Waals surface area (Å²) in [6.07, 6.45) is 0. The first-order valence-corrected chi connectivity index (χ1v) is 4.46. The molecule has 1 heterocycles. The number of nitrogens with zero attached hydrogens (tertiary/aromatic N) is 1. The topological polar surface area (TPSA) is 75.2 Å². The van der Waals surface area contributed by atoms with Crippen molar-refractivity contribution in [1.29, 1.82) is 0 Å². The third-order valence-corrected chi connectivity index (χ3v) is 2.08. The Morgan fingerprint density at radius 3 is 3.13 bits per heavy atom. The SMILES string of the molecule is Cc1[nH]nc2ccc(OCC(=O)O)cc12. The van der Waals surface area contributed by atoms with Crippen LogP contribution in [0.3, 0.4) is 0 Å².